The molecular weight excluding hydrogens is 363 g/mol. The number of carbonyl (C=O) groups excluding carboxylic acids is 1. The lowest BCUT2D eigenvalue weighted by molar-refractivity contribution is -0.150. The van der Waals surface area contributed by atoms with Gasteiger partial charge in [-0.3, -0.25) is 4.79 Å². The Labute approximate surface area is 145 Å². The van der Waals surface area contributed by atoms with Crippen molar-refractivity contribution in [2.24, 2.45) is 5.41 Å². The van der Waals surface area contributed by atoms with E-state index in [1.54, 1.807) is 13.8 Å². The van der Waals surface area contributed by atoms with Crippen LogP contribution in [-0.4, -0.2) is 39.3 Å². The third kappa shape index (κ3) is 3.49. The Morgan fingerprint density at radius 3 is 2.39 bits per heavy atom. The van der Waals surface area contributed by atoms with Crippen molar-refractivity contribution in [1.29, 1.82) is 0 Å². The first-order valence-corrected chi connectivity index (χ1v) is 9.00. The summed E-state index contributed by atoms with van der Waals surface area (Å²) >= 11 is 12.3. The number of amides is 1. The van der Waals surface area contributed by atoms with Crippen LogP contribution in [0.3, 0.4) is 0 Å². The summed E-state index contributed by atoms with van der Waals surface area (Å²) in [5.74, 6) is -0.175. The SMILES string of the molecule is CN(C)S(=O)(=O)c1cc(Cl)c(C2NC(=O)C(C)(C)CO2)cc1Cl. The van der Waals surface area contributed by atoms with Gasteiger partial charge in [-0.2, -0.15) is 0 Å². The van der Waals surface area contributed by atoms with Gasteiger partial charge < -0.3 is 10.1 Å². The predicted octanol–water partition coefficient (Wildman–Crippen LogP) is 2.41. The number of hydrogen-bond acceptors (Lipinski definition) is 4. The minimum absolute atomic E-state index is 0.0146. The van der Waals surface area contributed by atoms with Crippen molar-refractivity contribution in [2.45, 2.75) is 25.0 Å². The number of ether oxygens (including phenoxy) is 1. The zero-order chi connectivity index (χ0) is 17.6. The van der Waals surface area contributed by atoms with Crippen LogP contribution in [-0.2, 0) is 19.6 Å². The van der Waals surface area contributed by atoms with Crippen LogP contribution < -0.4 is 5.32 Å². The number of sulfonamides is 1. The van der Waals surface area contributed by atoms with Gasteiger partial charge in [0.15, 0.2) is 6.23 Å². The first-order valence-electron chi connectivity index (χ1n) is 6.81. The summed E-state index contributed by atoms with van der Waals surface area (Å²) in [6.45, 7) is 3.75. The molecule has 6 nitrogen and oxygen atoms in total. The van der Waals surface area contributed by atoms with E-state index in [1.165, 1.54) is 26.2 Å². The maximum absolute atomic E-state index is 12.2. The van der Waals surface area contributed by atoms with Crippen molar-refractivity contribution in [3.63, 3.8) is 0 Å². The number of hydrogen-bond donors (Lipinski definition) is 1. The molecule has 0 bridgehead atoms. The predicted molar refractivity (Wildman–Crippen MR) is 88.0 cm³/mol. The molecule has 1 fully saturated rings. The second-order valence-corrected chi connectivity index (χ2v) is 9.07. The average Bonchev–Trinajstić information content (AvgIpc) is 2.43. The normalized spacial score (nSPS) is 21.3. The number of benzene rings is 1. The first-order chi connectivity index (χ1) is 10.5. The van der Waals surface area contributed by atoms with Gasteiger partial charge in [-0.05, 0) is 26.0 Å². The smallest absolute Gasteiger partial charge is 0.244 e. The molecule has 1 amide bonds. The van der Waals surface area contributed by atoms with Crippen molar-refractivity contribution in [3.05, 3.63) is 27.7 Å². The minimum Gasteiger partial charge on any atom is -0.353 e. The Kier molecular flexibility index (Phi) is 4.99. The fraction of sp³-hybridized carbons (Fsp3) is 0.500. The highest BCUT2D eigenvalue weighted by molar-refractivity contribution is 7.89. The molecule has 2 rings (SSSR count). The van der Waals surface area contributed by atoms with E-state index in [9.17, 15) is 13.2 Å². The topological polar surface area (TPSA) is 75.7 Å². The zero-order valence-electron chi connectivity index (χ0n) is 13.2. The maximum Gasteiger partial charge on any atom is 0.244 e. The molecule has 1 heterocycles. The van der Waals surface area contributed by atoms with E-state index in [2.05, 4.69) is 5.32 Å². The van der Waals surface area contributed by atoms with Crippen molar-refractivity contribution >= 4 is 39.1 Å². The van der Waals surface area contributed by atoms with Crippen LogP contribution >= 0.6 is 23.2 Å². The lowest BCUT2D eigenvalue weighted by Gasteiger charge is -2.34. The standard InChI is InChI=1S/C14H18Cl2N2O4S/c1-14(2)7-22-12(17-13(14)19)8-5-10(16)11(6-9(8)15)23(20,21)18(3)4/h5-6,12H,7H2,1-4H3,(H,17,19). The highest BCUT2D eigenvalue weighted by atomic mass is 35.5. The molecule has 1 unspecified atom stereocenters. The largest absolute Gasteiger partial charge is 0.353 e. The van der Waals surface area contributed by atoms with Gasteiger partial charge >= 0.3 is 0 Å². The molecule has 0 radical (unpaired) electrons. The van der Waals surface area contributed by atoms with Gasteiger partial charge in [-0.1, -0.05) is 23.2 Å². The van der Waals surface area contributed by atoms with Crippen LogP contribution in [0.2, 0.25) is 10.0 Å². The highest BCUT2D eigenvalue weighted by Crippen LogP contribution is 2.36. The molecule has 1 saturated heterocycles. The summed E-state index contributed by atoms with van der Waals surface area (Å²) in [5.41, 5.74) is -0.223. The average molecular weight is 381 g/mol. The Balaban J connectivity index is 2.41. The molecule has 1 atom stereocenters. The summed E-state index contributed by atoms with van der Waals surface area (Å²) in [6, 6.07) is 2.67. The molecule has 0 aliphatic carbocycles. The number of nitrogens with zero attached hydrogens (tertiary/aromatic N) is 1. The van der Waals surface area contributed by atoms with E-state index in [0.717, 1.165) is 4.31 Å². The van der Waals surface area contributed by atoms with Gasteiger partial charge in [0.2, 0.25) is 15.9 Å². The van der Waals surface area contributed by atoms with E-state index in [1.807, 2.05) is 0 Å². The van der Waals surface area contributed by atoms with Gasteiger partial charge in [0.05, 0.1) is 17.0 Å². The lowest BCUT2D eigenvalue weighted by atomic mass is 9.92. The molecule has 128 valence electrons. The Bertz CT molecular complexity index is 747. The monoisotopic (exact) mass is 380 g/mol. The molecule has 1 aliphatic rings. The van der Waals surface area contributed by atoms with Crippen LogP contribution in [0.5, 0.6) is 0 Å². The molecule has 0 saturated carbocycles. The van der Waals surface area contributed by atoms with Crippen LogP contribution in [0, 0.1) is 5.41 Å². The highest BCUT2D eigenvalue weighted by Gasteiger charge is 2.37. The molecule has 1 aromatic carbocycles. The molecule has 0 aromatic heterocycles. The molecule has 1 N–H and O–H groups in total. The van der Waals surface area contributed by atoms with Gasteiger partial charge in [-0.15, -0.1) is 0 Å². The summed E-state index contributed by atoms with van der Waals surface area (Å²) in [7, 11) is -0.913. The molecule has 1 aliphatic heterocycles. The van der Waals surface area contributed by atoms with Crippen molar-refractivity contribution in [2.75, 3.05) is 20.7 Å². The van der Waals surface area contributed by atoms with Crippen molar-refractivity contribution < 1.29 is 17.9 Å². The molecule has 23 heavy (non-hydrogen) atoms. The first kappa shape index (κ1) is 18.5. The third-order valence-electron chi connectivity index (χ3n) is 3.58. The summed E-state index contributed by atoms with van der Waals surface area (Å²) in [5, 5.41) is 2.88. The Hall–Kier alpha value is -0.860. The Morgan fingerprint density at radius 1 is 1.26 bits per heavy atom. The van der Waals surface area contributed by atoms with E-state index < -0.39 is 21.7 Å². The third-order valence-corrected chi connectivity index (χ3v) is 6.19. The van der Waals surface area contributed by atoms with Gasteiger partial charge in [0, 0.05) is 24.7 Å². The van der Waals surface area contributed by atoms with E-state index in [4.69, 9.17) is 27.9 Å². The fourth-order valence-corrected chi connectivity index (χ4v) is 3.78. The van der Waals surface area contributed by atoms with E-state index in [-0.39, 0.29) is 27.5 Å². The second kappa shape index (κ2) is 6.22. The minimum atomic E-state index is -3.72. The molecule has 0 spiro atoms. The number of rotatable bonds is 3. The van der Waals surface area contributed by atoms with Crippen molar-refractivity contribution in [3.8, 4) is 0 Å². The van der Waals surface area contributed by atoms with Crippen LogP contribution in [0.15, 0.2) is 17.0 Å². The van der Waals surface area contributed by atoms with Crippen LogP contribution in [0.1, 0.15) is 25.6 Å². The number of nitrogens with one attached hydrogen (secondary N) is 1. The maximum atomic E-state index is 12.2. The van der Waals surface area contributed by atoms with Crippen LogP contribution in [0.25, 0.3) is 0 Å². The van der Waals surface area contributed by atoms with Crippen LogP contribution in [0.4, 0.5) is 0 Å². The molecule has 9 heteroatoms. The quantitative estimate of drug-likeness (QED) is 0.873. The van der Waals surface area contributed by atoms with Gasteiger partial charge in [-0.25, -0.2) is 12.7 Å². The molecular formula is C14H18Cl2N2O4S. The van der Waals surface area contributed by atoms with Gasteiger partial charge in [0.1, 0.15) is 4.90 Å². The lowest BCUT2D eigenvalue weighted by Crippen LogP contribution is -2.48. The Morgan fingerprint density at radius 2 is 1.87 bits per heavy atom. The van der Waals surface area contributed by atoms with E-state index in [0.29, 0.717) is 5.56 Å². The zero-order valence-corrected chi connectivity index (χ0v) is 15.5. The fourth-order valence-electron chi connectivity index (χ4n) is 2.02. The number of carbonyl (C=O) groups is 1. The number of halogens is 2. The molecule has 1 aromatic rings. The van der Waals surface area contributed by atoms with Crippen molar-refractivity contribution in [1.82, 2.24) is 9.62 Å². The summed E-state index contributed by atoms with van der Waals surface area (Å²) in [6.07, 6.45) is -0.767. The van der Waals surface area contributed by atoms with Gasteiger partial charge in [0.25, 0.3) is 0 Å². The second-order valence-electron chi connectivity index (χ2n) is 6.14. The van der Waals surface area contributed by atoms with E-state index >= 15 is 0 Å². The summed E-state index contributed by atoms with van der Waals surface area (Å²) in [4.78, 5) is 11.9. The summed E-state index contributed by atoms with van der Waals surface area (Å²) < 4.78 is 31.1.